The second-order valence-corrected chi connectivity index (χ2v) is 5.52. The van der Waals surface area contributed by atoms with Crippen LogP contribution < -0.4 is 10.2 Å². The number of aryl methyl sites for hydroxylation is 1. The molecule has 0 unspecified atom stereocenters. The van der Waals surface area contributed by atoms with Gasteiger partial charge in [-0.15, -0.1) is 0 Å². The van der Waals surface area contributed by atoms with Gasteiger partial charge in [-0.3, -0.25) is 0 Å². The molecule has 3 nitrogen and oxygen atoms in total. The summed E-state index contributed by atoms with van der Waals surface area (Å²) in [6.07, 6.45) is 4.53. The lowest BCUT2D eigenvalue weighted by Gasteiger charge is -2.38. The van der Waals surface area contributed by atoms with Crippen molar-refractivity contribution in [2.45, 2.75) is 25.8 Å². The normalized spacial score (nSPS) is 28.2. The molecule has 1 aromatic heterocycles. The van der Waals surface area contributed by atoms with Crippen LogP contribution in [-0.4, -0.2) is 30.7 Å². The van der Waals surface area contributed by atoms with Gasteiger partial charge < -0.3 is 10.2 Å². The van der Waals surface area contributed by atoms with Gasteiger partial charge in [0.25, 0.3) is 0 Å². The van der Waals surface area contributed by atoms with E-state index in [2.05, 4.69) is 21.3 Å². The number of fused-ring (bicyclic) bond motifs is 1. The summed E-state index contributed by atoms with van der Waals surface area (Å²) >= 11 is 5.97. The molecule has 17 heavy (non-hydrogen) atoms. The maximum Gasteiger partial charge on any atom is 0.132 e. The van der Waals surface area contributed by atoms with E-state index in [0.717, 1.165) is 24.6 Å². The molecular weight excluding hydrogens is 234 g/mol. The average Bonchev–Trinajstić information content (AvgIpc) is 2.43. The van der Waals surface area contributed by atoms with Crippen molar-refractivity contribution in [3.8, 4) is 0 Å². The average molecular weight is 252 g/mol. The van der Waals surface area contributed by atoms with Crippen molar-refractivity contribution in [1.82, 2.24) is 10.3 Å². The van der Waals surface area contributed by atoms with E-state index in [1.807, 2.05) is 13.1 Å². The van der Waals surface area contributed by atoms with E-state index < -0.39 is 0 Å². The molecule has 0 spiro atoms. The van der Waals surface area contributed by atoms with Crippen molar-refractivity contribution in [2.24, 2.45) is 5.92 Å². The lowest BCUT2D eigenvalue weighted by Crippen LogP contribution is -2.56. The summed E-state index contributed by atoms with van der Waals surface area (Å²) in [4.78, 5) is 6.69. The van der Waals surface area contributed by atoms with Crippen LogP contribution in [0.4, 0.5) is 5.69 Å². The number of halogens is 1. The monoisotopic (exact) mass is 251 g/mol. The summed E-state index contributed by atoms with van der Waals surface area (Å²) in [6.45, 7) is 5.46. The van der Waals surface area contributed by atoms with Crippen LogP contribution >= 0.6 is 11.6 Å². The smallest absolute Gasteiger partial charge is 0.132 e. The van der Waals surface area contributed by atoms with Crippen molar-refractivity contribution >= 4 is 17.3 Å². The molecule has 92 valence electrons. The van der Waals surface area contributed by atoms with E-state index >= 15 is 0 Å². The Balaban J connectivity index is 1.80. The fraction of sp³-hybridized carbons (Fsp3) is 0.615. The lowest BCUT2D eigenvalue weighted by atomic mass is 9.89. The standard InChI is InChI=1S/C13H18ClN3/c1-9-5-11(7-16-13(9)14)17-4-2-3-10-6-15-12(10)8-17/h5,7,10,12,15H,2-4,6,8H2,1H3/t10-,12-/m0/s1. The Morgan fingerprint density at radius 1 is 1.53 bits per heavy atom. The molecule has 1 N–H and O–H groups in total. The Kier molecular flexibility index (Phi) is 2.97. The highest BCUT2D eigenvalue weighted by Crippen LogP contribution is 2.28. The zero-order valence-corrected chi connectivity index (χ0v) is 10.9. The summed E-state index contributed by atoms with van der Waals surface area (Å²) in [6, 6.07) is 2.82. The predicted octanol–water partition coefficient (Wildman–Crippen LogP) is 2.23. The molecule has 0 aromatic carbocycles. The molecule has 0 bridgehead atoms. The third-order valence-electron chi connectivity index (χ3n) is 4.00. The van der Waals surface area contributed by atoms with Crippen LogP contribution in [0.3, 0.4) is 0 Å². The number of hydrogen-bond acceptors (Lipinski definition) is 3. The molecule has 3 heterocycles. The molecule has 2 aliphatic rings. The SMILES string of the molecule is Cc1cc(N2CCC[C@H]3CN[C@H]3C2)cnc1Cl. The Bertz CT molecular complexity index is 421. The predicted molar refractivity (Wildman–Crippen MR) is 70.7 cm³/mol. The van der Waals surface area contributed by atoms with E-state index in [4.69, 9.17) is 11.6 Å². The van der Waals surface area contributed by atoms with Crippen LogP contribution in [0.15, 0.2) is 12.3 Å². The summed E-state index contributed by atoms with van der Waals surface area (Å²) in [5.74, 6) is 0.890. The zero-order chi connectivity index (χ0) is 11.8. The molecule has 4 heteroatoms. The van der Waals surface area contributed by atoms with E-state index in [0.29, 0.717) is 11.2 Å². The molecule has 2 fully saturated rings. The second-order valence-electron chi connectivity index (χ2n) is 5.16. The third-order valence-corrected chi connectivity index (χ3v) is 4.39. The maximum absolute atomic E-state index is 5.97. The maximum atomic E-state index is 5.97. The molecule has 1 aromatic rings. The van der Waals surface area contributed by atoms with Crippen LogP contribution in [0.25, 0.3) is 0 Å². The Morgan fingerprint density at radius 3 is 3.12 bits per heavy atom. The number of pyridine rings is 1. The number of hydrogen-bond donors (Lipinski definition) is 1. The molecule has 2 aliphatic heterocycles. The molecule has 2 saturated heterocycles. The van der Waals surface area contributed by atoms with Gasteiger partial charge in [0.05, 0.1) is 11.9 Å². The first-order valence-electron chi connectivity index (χ1n) is 6.34. The van der Waals surface area contributed by atoms with Crippen molar-refractivity contribution in [3.63, 3.8) is 0 Å². The number of nitrogens with zero attached hydrogens (tertiary/aromatic N) is 2. The summed E-state index contributed by atoms with van der Waals surface area (Å²) < 4.78 is 0. The summed E-state index contributed by atoms with van der Waals surface area (Å²) in [5.41, 5.74) is 2.27. The minimum absolute atomic E-state index is 0.614. The topological polar surface area (TPSA) is 28.2 Å². The van der Waals surface area contributed by atoms with Crippen LogP contribution in [0.2, 0.25) is 5.15 Å². The Hall–Kier alpha value is -0.800. The number of nitrogens with one attached hydrogen (secondary N) is 1. The lowest BCUT2D eigenvalue weighted by molar-refractivity contribution is 0.234. The second kappa shape index (κ2) is 4.46. The van der Waals surface area contributed by atoms with Crippen LogP contribution in [0, 0.1) is 12.8 Å². The van der Waals surface area contributed by atoms with Crippen molar-refractivity contribution in [1.29, 1.82) is 0 Å². The molecule has 0 radical (unpaired) electrons. The van der Waals surface area contributed by atoms with E-state index in [1.54, 1.807) is 0 Å². The highest BCUT2D eigenvalue weighted by atomic mass is 35.5. The Morgan fingerprint density at radius 2 is 2.41 bits per heavy atom. The van der Waals surface area contributed by atoms with Crippen LogP contribution in [0.5, 0.6) is 0 Å². The number of rotatable bonds is 1. The van der Waals surface area contributed by atoms with Crippen molar-refractivity contribution in [3.05, 3.63) is 23.0 Å². The van der Waals surface area contributed by atoms with Gasteiger partial charge >= 0.3 is 0 Å². The van der Waals surface area contributed by atoms with Gasteiger partial charge in [0.15, 0.2) is 0 Å². The summed E-state index contributed by atoms with van der Waals surface area (Å²) in [7, 11) is 0. The van der Waals surface area contributed by atoms with Gasteiger partial charge in [0.2, 0.25) is 0 Å². The highest BCUT2D eigenvalue weighted by Gasteiger charge is 2.33. The van der Waals surface area contributed by atoms with Gasteiger partial charge in [-0.25, -0.2) is 4.98 Å². The first-order chi connectivity index (χ1) is 8.24. The van der Waals surface area contributed by atoms with Gasteiger partial charge in [0.1, 0.15) is 5.15 Å². The van der Waals surface area contributed by atoms with Gasteiger partial charge in [-0.2, -0.15) is 0 Å². The zero-order valence-electron chi connectivity index (χ0n) is 10.1. The van der Waals surface area contributed by atoms with Crippen molar-refractivity contribution < 1.29 is 0 Å². The minimum Gasteiger partial charge on any atom is -0.369 e. The molecule has 2 atom stereocenters. The molecule has 0 amide bonds. The number of aromatic nitrogens is 1. The van der Waals surface area contributed by atoms with Crippen LogP contribution in [0.1, 0.15) is 18.4 Å². The van der Waals surface area contributed by atoms with Gasteiger partial charge in [0, 0.05) is 19.1 Å². The summed E-state index contributed by atoms with van der Waals surface area (Å²) in [5, 5.41) is 4.14. The number of anilines is 1. The van der Waals surface area contributed by atoms with E-state index in [9.17, 15) is 0 Å². The van der Waals surface area contributed by atoms with Gasteiger partial charge in [-0.05, 0) is 43.9 Å². The molecular formula is C13H18ClN3. The van der Waals surface area contributed by atoms with E-state index in [1.165, 1.54) is 25.1 Å². The fourth-order valence-corrected chi connectivity index (χ4v) is 2.90. The van der Waals surface area contributed by atoms with Gasteiger partial charge in [-0.1, -0.05) is 11.6 Å². The fourth-order valence-electron chi connectivity index (χ4n) is 2.79. The molecule has 0 saturated carbocycles. The Labute approximate surface area is 107 Å². The molecule has 0 aliphatic carbocycles. The first-order valence-corrected chi connectivity index (χ1v) is 6.72. The quantitative estimate of drug-likeness (QED) is 0.776. The minimum atomic E-state index is 0.614. The first kappa shape index (κ1) is 11.3. The van der Waals surface area contributed by atoms with Crippen LogP contribution in [-0.2, 0) is 0 Å². The largest absolute Gasteiger partial charge is 0.369 e. The highest BCUT2D eigenvalue weighted by molar-refractivity contribution is 6.30. The van der Waals surface area contributed by atoms with Crippen molar-refractivity contribution in [2.75, 3.05) is 24.5 Å². The van der Waals surface area contributed by atoms with E-state index in [-0.39, 0.29) is 0 Å². The third kappa shape index (κ3) is 2.14. The molecule has 3 rings (SSSR count).